The van der Waals surface area contributed by atoms with Crippen molar-refractivity contribution >= 4 is 35.4 Å². The van der Waals surface area contributed by atoms with E-state index in [1.54, 1.807) is 0 Å². The summed E-state index contributed by atoms with van der Waals surface area (Å²) in [6, 6.07) is 0.355. The fraction of sp³-hybridized carbons (Fsp3) is 0.895. The largest absolute Gasteiger partial charge is 0.368 e. The third kappa shape index (κ3) is 4.30. The molecule has 0 aromatic rings. The number of carbonyl (C=O) groups is 2. The predicted molar refractivity (Wildman–Crippen MR) is 107 cm³/mol. The van der Waals surface area contributed by atoms with E-state index in [0.717, 1.165) is 32.1 Å². The molecule has 2 amide bonds. The van der Waals surface area contributed by atoms with E-state index in [2.05, 4.69) is 22.3 Å². The van der Waals surface area contributed by atoms with Crippen molar-refractivity contribution in [3.05, 3.63) is 0 Å². The molecule has 5 unspecified atom stereocenters. The Balaban J connectivity index is 1.20. The van der Waals surface area contributed by atoms with Gasteiger partial charge in [-0.25, -0.2) is 4.39 Å². The molecule has 5 fully saturated rings. The van der Waals surface area contributed by atoms with Gasteiger partial charge in [-0.15, -0.1) is 11.6 Å². The van der Waals surface area contributed by atoms with Crippen LogP contribution in [0.2, 0.25) is 0 Å². The van der Waals surface area contributed by atoms with Crippen molar-refractivity contribution in [2.45, 2.75) is 98.3 Å². The van der Waals surface area contributed by atoms with E-state index in [1.165, 1.54) is 11.9 Å². The number of hydrogen-bond donors (Lipinski definition) is 3. The number of amides is 2. The SMILES string of the molecule is CC1CC(C(=O)NC23CCC(NC(=O)COC4CCC(Cl)C(F)C4)(C2)C3)SN1. The number of carbonyl (C=O) groups excluding carboxylic acids is 2. The van der Waals surface area contributed by atoms with Gasteiger partial charge in [-0.3, -0.25) is 14.3 Å². The summed E-state index contributed by atoms with van der Waals surface area (Å²) in [6.45, 7) is 2.03. The monoisotopic (exact) mass is 433 g/mol. The van der Waals surface area contributed by atoms with Gasteiger partial charge in [0.05, 0.1) is 16.7 Å². The fourth-order valence-electron chi connectivity index (χ4n) is 5.21. The van der Waals surface area contributed by atoms with E-state index >= 15 is 0 Å². The minimum absolute atomic E-state index is 0.0367. The first-order chi connectivity index (χ1) is 13.3. The highest BCUT2D eigenvalue weighted by Crippen LogP contribution is 2.55. The second kappa shape index (κ2) is 7.93. The van der Waals surface area contributed by atoms with Crippen LogP contribution in [0.5, 0.6) is 0 Å². The van der Waals surface area contributed by atoms with Gasteiger partial charge in [0.1, 0.15) is 12.8 Å². The number of hydrogen-bond acceptors (Lipinski definition) is 5. The molecule has 3 N–H and O–H groups in total. The van der Waals surface area contributed by atoms with Crippen molar-refractivity contribution in [3.63, 3.8) is 0 Å². The van der Waals surface area contributed by atoms with E-state index in [9.17, 15) is 14.0 Å². The zero-order chi connectivity index (χ0) is 19.9. The highest BCUT2D eigenvalue weighted by Gasteiger charge is 2.62. The van der Waals surface area contributed by atoms with Crippen LogP contribution in [0.1, 0.15) is 58.3 Å². The molecule has 5 aliphatic rings. The van der Waals surface area contributed by atoms with Gasteiger partial charge < -0.3 is 15.4 Å². The van der Waals surface area contributed by atoms with Gasteiger partial charge in [-0.2, -0.15) is 0 Å². The van der Waals surface area contributed by atoms with Crippen LogP contribution in [0.4, 0.5) is 4.39 Å². The van der Waals surface area contributed by atoms with Gasteiger partial charge in [-0.1, -0.05) is 11.9 Å². The van der Waals surface area contributed by atoms with Crippen molar-refractivity contribution in [1.29, 1.82) is 0 Å². The summed E-state index contributed by atoms with van der Waals surface area (Å²) in [7, 11) is 0. The van der Waals surface area contributed by atoms with Gasteiger partial charge in [0, 0.05) is 23.5 Å². The summed E-state index contributed by atoms with van der Waals surface area (Å²) in [4.78, 5) is 24.8. The first kappa shape index (κ1) is 20.7. The Morgan fingerprint density at radius 2 is 1.93 bits per heavy atom. The van der Waals surface area contributed by atoms with E-state index < -0.39 is 11.5 Å². The average molecular weight is 434 g/mol. The average Bonchev–Trinajstić information content (AvgIpc) is 3.29. The number of rotatable bonds is 6. The topological polar surface area (TPSA) is 79.5 Å². The summed E-state index contributed by atoms with van der Waals surface area (Å²) in [6.07, 6.45) is 4.39. The maximum absolute atomic E-state index is 13.7. The third-order valence-electron chi connectivity index (χ3n) is 6.60. The Bertz CT molecular complexity index is 634. The molecule has 0 aromatic carbocycles. The maximum atomic E-state index is 13.7. The van der Waals surface area contributed by atoms with Crippen molar-refractivity contribution in [2.24, 2.45) is 0 Å². The van der Waals surface area contributed by atoms with Crippen molar-refractivity contribution in [2.75, 3.05) is 6.61 Å². The molecule has 1 heterocycles. The molecule has 5 rings (SSSR count). The summed E-state index contributed by atoms with van der Waals surface area (Å²) >= 11 is 7.39. The second-order valence-corrected chi connectivity index (χ2v) is 10.7. The molecule has 158 valence electrons. The number of halogens is 2. The second-order valence-electron chi connectivity index (χ2n) is 9.09. The zero-order valence-electron chi connectivity index (χ0n) is 16.1. The summed E-state index contributed by atoms with van der Waals surface area (Å²) in [5.41, 5.74) is -0.393. The Kier molecular flexibility index (Phi) is 5.86. The maximum Gasteiger partial charge on any atom is 0.246 e. The van der Waals surface area contributed by atoms with Crippen LogP contribution < -0.4 is 15.4 Å². The molecule has 9 heteroatoms. The highest BCUT2D eigenvalue weighted by molar-refractivity contribution is 7.99. The van der Waals surface area contributed by atoms with E-state index in [-0.39, 0.29) is 47.3 Å². The molecular weight excluding hydrogens is 405 g/mol. The zero-order valence-corrected chi connectivity index (χ0v) is 17.7. The molecular formula is C19H29ClFN3O3S. The quantitative estimate of drug-likeness (QED) is 0.442. The molecule has 1 saturated heterocycles. The minimum Gasteiger partial charge on any atom is -0.368 e. The van der Waals surface area contributed by atoms with E-state index in [1.807, 2.05) is 0 Å². The van der Waals surface area contributed by atoms with Crippen molar-refractivity contribution < 1.29 is 18.7 Å². The predicted octanol–water partition coefficient (Wildman–Crippen LogP) is 2.20. The first-order valence-electron chi connectivity index (χ1n) is 10.2. The van der Waals surface area contributed by atoms with Gasteiger partial charge >= 0.3 is 0 Å². The van der Waals surface area contributed by atoms with Crippen LogP contribution in [0.15, 0.2) is 0 Å². The van der Waals surface area contributed by atoms with Gasteiger partial charge in [0.2, 0.25) is 11.8 Å². The summed E-state index contributed by atoms with van der Waals surface area (Å²) in [5, 5.41) is 5.87. The van der Waals surface area contributed by atoms with Gasteiger partial charge in [0.25, 0.3) is 0 Å². The molecule has 1 aliphatic heterocycles. The van der Waals surface area contributed by atoms with Crippen LogP contribution >= 0.6 is 23.5 Å². The Morgan fingerprint density at radius 3 is 2.57 bits per heavy atom. The molecule has 5 atom stereocenters. The van der Waals surface area contributed by atoms with Crippen LogP contribution in [0.25, 0.3) is 0 Å². The summed E-state index contributed by atoms with van der Waals surface area (Å²) in [5.74, 6) is -0.0581. The number of ether oxygens (including phenoxy) is 1. The Morgan fingerprint density at radius 1 is 1.21 bits per heavy atom. The lowest BCUT2D eigenvalue weighted by Gasteiger charge is -2.48. The number of nitrogens with one attached hydrogen (secondary N) is 3. The molecule has 4 aliphatic carbocycles. The highest BCUT2D eigenvalue weighted by atomic mass is 35.5. The fourth-order valence-corrected chi connectivity index (χ4v) is 6.49. The van der Waals surface area contributed by atoms with Crippen LogP contribution in [0.3, 0.4) is 0 Å². The van der Waals surface area contributed by atoms with Gasteiger partial charge in [0.15, 0.2) is 0 Å². The third-order valence-corrected chi connectivity index (χ3v) is 8.32. The molecule has 0 aromatic heterocycles. The van der Waals surface area contributed by atoms with Crippen LogP contribution in [-0.4, -0.2) is 58.4 Å². The number of fused-ring (bicyclic) bond motifs is 1. The van der Waals surface area contributed by atoms with E-state index in [0.29, 0.717) is 18.9 Å². The van der Waals surface area contributed by atoms with E-state index in [4.69, 9.17) is 16.3 Å². The number of alkyl halides is 2. The molecule has 0 spiro atoms. The lowest BCUT2D eigenvalue weighted by molar-refractivity contribution is -0.132. The minimum atomic E-state index is -1.07. The normalized spacial score (nSPS) is 44.8. The molecule has 2 bridgehead atoms. The molecule has 4 saturated carbocycles. The summed E-state index contributed by atoms with van der Waals surface area (Å²) < 4.78 is 22.5. The van der Waals surface area contributed by atoms with Crippen LogP contribution in [0, 0.1) is 0 Å². The Hall–Kier alpha value is -0.570. The Labute approximate surface area is 174 Å². The smallest absolute Gasteiger partial charge is 0.246 e. The molecule has 28 heavy (non-hydrogen) atoms. The molecule has 0 radical (unpaired) electrons. The van der Waals surface area contributed by atoms with Crippen molar-refractivity contribution in [1.82, 2.24) is 15.4 Å². The first-order valence-corrected chi connectivity index (χ1v) is 11.5. The van der Waals surface area contributed by atoms with Gasteiger partial charge in [-0.05, 0) is 51.9 Å². The standard InChI is InChI=1S/C19H29ClFN3O3S/c1-11-6-15(28-24-11)17(26)23-19-5-4-18(9-19,10-19)22-16(25)8-27-12-2-3-13(20)14(21)7-12/h11-15,24H,2-10H2,1H3,(H,22,25)(H,23,26). The van der Waals surface area contributed by atoms with Crippen LogP contribution in [-0.2, 0) is 14.3 Å². The lowest BCUT2D eigenvalue weighted by atomic mass is 9.71. The molecule has 6 nitrogen and oxygen atoms in total. The lowest BCUT2D eigenvalue weighted by Crippen LogP contribution is -2.65. The van der Waals surface area contributed by atoms with Crippen molar-refractivity contribution in [3.8, 4) is 0 Å².